The molecule has 0 bridgehead atoms. The van der Waals surface area contributed by atoms with Crippen LogP contribution in [0.15, 0.2) is 49.1 Å². The van der Waals surface area contributed by atoms with E-state index in [1.807, 2.05) is 23.2 Å². The predicted molar refractivity (Wildman–Crippen MR) is 124 cm³/mol. The maximum Gasteiger partial charge on any atom is 0.227 e. The van der Waals surface area contributed by atoms with Crippen LogP contribution in [0, 0.1) is 11.7 Å². The molecule has 1 unspecified atom stereocenters. The lowest BCUT2D eigenvalue weighted by atomic mass is 9.96. The van der Waals surface area contributed by atoms with Gasteiger partial charge in [0.25, 0.3) is 0 Å². The third kappa shape index (κ3) is 4.64. The van der Waals surface area contributed by atoms with Crippen LogP contribution in [0.3, 0.4) is 0 Å². The highest BCUT2D eigenvalue weighted by molar-refractivity contribution is 6.31. The third-order valence-electron chi connectivity index (χ3n) is 6.33. The average Bonchev–Trinajstić information content (AvgIpc) is 3.41. The molecule has 0 N–H and O–H groups in total. The summed E-state index contributed by atoms with van der Waals surface area (Å²) < 4.78 is 15.2. The smallest absolute Gasteiger partial charge is 0.227 e. The van der Waals surface area contributed by atoms with Crippen molar-refractivity contribution in [2.75, 3.05) is 49.1 Å². The van der Waals surface area contributed by atoms with Gasteiger partial charge in [0.05, 0.1) is 10.9 Å². The highest BCUT2D eigenvalue weighted by Gasteiger charge is 2.31. The van der Waals surface area contributed by atoms with Crippen molar-refractivity contribution in [1.29, 1.82) is 0 Å². The van der Waals surface area contributed by atoms with Crippen LogP contribution in [0.25, 0.3) is 5.82 Å². The second kappa shape index (κ2) is 9.35. The Hall–Kier alpha value is -3.20. The van der Waals surface area contributed by atoms with E-state index in [0.717, 1.165) is 30.9 Å². The number of hydrogen-bond donors (Lipinski definition) is 0. The first-order valence-corrected chi connectivity index (χ1v) is 11.5. The van der Waals surface area contributed by atoms with E-state index < -0.39 is 5.82 Å². The van der Waals surface area contributed by atoms with E-state index in [9.17, 15) is 9.18 Å². The van der Waals surface area contributed by atoms with Gasteiger partial charge in [-0.15, -0.1) is 0 Å². The van der Waals surface area contributed by atoms with Crippen LogP contribution in [-0.4, -0.2) is 69.8 Å². The molecule has 10 heteroatoms. The third-order valence-corrected chi connectivity index (χ3v) is 6.62. The fourth-order valence-electron chi connectivity index (χ4n) is 4.55. The number of rotatable bonds is 4. The van der Waals surface area contributed by atoms with Crippen molar-refractivity contribution in [3.63, 3.8) is 0 Å². The number of halogens is 2. The van der Waals surface area contributed by atoms with Crippen molar-refractivity contribution in [3.05, 3.63) is 59.9 Å². The Bertz CT molecular complexity index is 1120. The van der Waals surface area contributed by atoms with Crippen LogP contribution in [0.1, 0.15) is 12.8 Å². The molecule has 2 aliphatic heterocycles. The summed E-state index contributed by atoms with van der Waals surface area (Å²) in [6.07, 6.45) is 6.90. The highest BCUT2D eigenvalue weighted by Crippen LogP contribution is 2.26. The minimum absolute atomic E-state index is 0.0614. The number of aromatic nitrogens is 4. The number of carbonyl (C=O) groups is 1. The summed E-state index contributed by atoms with van der Waals surface area (Å²) in [7, 11) is 0. The zero-order valence-corrected chi connectivity index (χ0v) is 18.9. The van der Waals surface area contributed by atoms with Gasteiger partial charge in [-0.2, -0.15) is 5.10 Å². The molecule has 2 fully saturated rings. The van der Waals surface area contributed by atoms with E-state index >= 15 is 0 Å². The van der Waals surface area contributed by atoms with Crippen LogP contribution in [0.4, 0.5) is 15.9 Å². The first kappa shape index (κ1) is 21.6. The van der Waals surface area contributed by atoms with Gasteiger partial charge in [0.2, 0.25) is 5.91 Å². The molecule has 0 spiro atoms. The van der Waals surface area contributed by atoms with Gasteiger partial charge < -0.3 is 14.7 Å². The molecule has 1 amide bonds. The largest absolute Gasteiger partial charge is 0.368 e. The zero-order valence-electron chi connectivity index (χ0n) is 18.1. The van der Waals surface area contributed by atoms with Crippen LogP contribution in [0.2, 0.25) is 5.02 Å². The monoisotopic (exact) mass is 469 g/mol. The maximum atomic E-state index is 13.5. The minimum atomic E-state index is -0.420. The molecule has 2 aromatic heterocycles. The first-order chi connectivity index (χ1) is 16.1. The maximum absolute atomic E-state index is 13.5. The van der Waals surface area contributed by atoms with Gasteiger partial charge in [-0.1, -0.05) is 11.6 Å². The van der Waals surface area contributed by atoms with Crippen LogP contribution < -0.4 is 9.80 Å². The van der Waals surface area contributed by atoms with E-state index in [2.05, 4.69) is 24.9 Å². The Balaban J connectivity index is 1.21. The zero-order chi connectivity index (χ0) is 22.8. The van der Waals surface area contributed by atoms with E-state index in [1.54, 1.807) is 29.3 Å². The van der Waals surface area contributed by atoms with E-state index in [-0.39, 0.29) is 16.8 Å². The molecular weight excluding hydrogens is 445 g/mol. The van der Waals surface area contributed by atoms with Crippen molar-refractivity contribution < 1.29 is 9.18 Å². The summed E-state index contributed by atoms with van der Waals surface area (Å²) in [5, 5.41) is 4.35. The van der Waals surface area contributed by atoms with Crippen molar-refractivity contribution in [2.45, 2.75) is 12.8 Å². The molecule has 2 aliphatic rings. The summed E-state index contributed by atoms with van der Waals surface area (Å²) in [5.41, 5.74) is 0.883. The lowest BCUT2D eigenvalue weighted by molar-refractivity contribution is -0.136. The second-order valence-electron chi connectivity index (χ2n) is 8.38. The van der Waals surface area contributed by atoms with E-state index in [1.165, 1.54) is 6.07 Å². The minimum Gasteiger partial charge on any atom is -0.368 e. The molecule has 0 saturated carbocycles. The number of amides is 1. The van der Waals surface area contributed by atoms with Gasteiger partial charge in [0.1, 0.15) is 18.0 Å². The molecule has 5 rings (SSSR count). The van der Waals surface area contributed by atoms with Gasteiger partial charge in [0, 0.05) is 63.4 Å². The Kier molecular flexibility index (Phi) is 6.13. The molecule has 0 radical (unpaired) electrons. The van der Waals surface area contributed by atoms with Gasteiger partial charge in [-0.05, 0) is 37.1 Å². The fraction of sp³-hybridized carbons (Fsp3) is 0.391. The summed E-state index contributed by atoms with van der Waals surface area (Å²) >= 11 is 5.93. The van der Waals surface area contributed by atoms with Gasteiger partial charge >= 0.3 is 0 Å². The summed E-state index contributed by atoms with van der Waals surface area (Å²) in [6, 6.07) is 8.52. The predicted octanol–water partition coefficient (Wildman–Crippen LogP) is 3.02. The fourth-order valence-corrected chi connectivity index (χ4v) is 4.73. The number of piperazine rings is 1. The van der Waals surface area contributed by atoms with Gasteiger partial charge in [0.15, 0.2) is 5.82 Å². The molecule has 172 valence electrons. The molecule has 2 saturated heterocycles. The van der Waals surface area contributed by atoms with Crippen LogP contribution in [-0.2, 0) is 4.79 Å². The lowest BCUT2D eigenvalue weighted by Gasteiger charge is -2.40. The van der Waals surface area contributed by atoms with Crippen molar-refractivity contribution in [1.82, 2.24) is 24.6 Å². The first-order valence-electron chi connectivity index (χ1n) is 11.1. The Labute approximate surface area is 196 Å². The van der Waals surface area contributed by atoms with Crippen molar-refractivity contribution >= 4 is 29.0 Å². The number of benzene rings is 1. The molecule has 0 aliphatic carbocycles. The van der Waals surface area contributed by atoms with Gasteiger partial charge in [-0.3, -0.25) is 4.79 Å². The number of anilines is 2. The topological polar surface area (TPSA) is 70.4 Å². The summed E-state index contributed by atoms with van der Waals surface area (Å²) in [6.45, 7) is 4.18. The second-order valence-corrected chi connectivity index (χ2v) is 8.79. The molecule has 4 heterocycles. The highest BCUT2D eigenvalue weighted by atomic mass is 35.5. The SMILES string of the molecule is O=C(C1CCCN(c2cc(-n3cccn3)ncn2)C1)N1CCN(c2ccc(F)c(Cl)c2)CC1. The molecule has 8 nitrogen and oxygen atoms in total. The van der Waals surface area contributed by atoms with Crippen LogP contribution >= 0.6 is 11.6 Å². The number of carbonyl (C=O) groups excluding carboxylic acids is 1. The molecule has 1 atom stereocenters. The van der Waals surface area contributed by atoms with E-state index in [0.29, 0.717) is 38.5 Å². The van der Waals surface area contributed by atoms with Gasteiger partial charge in [-0.25, -0.2) is 19.0 Å². The Morgan fingerprint density at radius 3 is 2.61 bits per heavy atom. The molecule has 33 heavy (non-hydrogen) atoms. The van der Waals surface area contributed by atoms with Crippen molar-refractivity contribution in [2.24, 2.45) is 5.92 Å². The molecule has 3 aromatic rings. The average molecular weight is 470 g/mol. The quantitative estimate of drug-likeness (QED) is 0.585. The summed E-state index contributed by atoms with van der Waals surface area (Å²) in [4.78, 5) is 28.3. The summed E-state index contributed by atoms with van der Waals surface area (Å²) in [5.74, 6) is 1.23. The number of nitrogens with zero attached hydrogens (tertiary/aromatic N) is 7. The van der Waals surface area contributed by atoms with Crippen molar-refractivity contribution in [3.8, 4) is 5.82 Å². The molecule has 1 aromatic carbocycles. The Morgan fingerprint density at radius 1 is 1.03 bits per heavy atom. The number of hydrogen-bond acceptors (Lipinski definition) is 6. The standard InChI is InChI=1S/C23H25ClFN7O/c24-19-13-18(4-5-20(19)25)29-9-11-30(12-10-29)23(33)17-3-1-7-31(15-17)21-14-22(27-16-26-21)32-8-2-6-28-32/h2,4-6,8,13-14,16-17H,1,3,7,9-12,15H2. The van der Waals surface area contributed by atoms with E-state index in [4.69, 9.17) is 11.6 Å². The lowest BCUT2D eigenvalue weighted by Crippen LogP contribution is -2.52. The number of piperidine rings is 1. The molecular formula is C23H25ClFN7O. The normalized spacial score (nSPS) is 19.1. The van der Waals surface area contributed by atoms with Crippen LogP contribution in [0.5, 0.6) is 0 Å². The Morgan fingerprint density at radius 2 is 1.85 bits per heavy atom.